The standard InChI is InChI=1S/C16H26N2O/c1-12(18-14(19)16(4,5)17)11-15(2,3)13-9-7-6-8-10-13/h6-10,12H,11,17H2,1-5H3,(H,18,19). The van der Waals surface area contributed by atoms with Crippen molar-refractivity contribution in [2.24, 2.45) is 5.73 Å². The number of hydrogen-bond donors (Lipinski definition) is 2. The number of amides is 1. The maximum absolute atomic E-state index is 11.9. The largest absolute Gasteiger partial charge is 0.352 e. The fourth-order valence-corrected chi connectivity index (χ4v) is 2.23. The highest BCUT2D eigenvalue weighted by atomic mass is 16.2. The highest BCUT2D eigenvalue weighted by Gasteiger charge is 2.27. The number of nitrogens with two attached hydrogens (primary N) is 1. The van der Waals surface area contributed by atoms with E-state index in [1.165, 1.54) is 5.56 Å². The Hall–Kier alpha value is -1.35. The quantitative estimate of drug-likeness (QED) is 0.857. The van der Waals surface area contributed by atoms with Gasteiger partial charge in [0.05, 0.1) is 5.54 Å². The van der Waals surface area contributed by atoms with Crippen LogP contribution in [0.1, 0.15) is 46.6 Å². The van der Waals surface area contributed by atoms with Crippen molar-refractivity contribution in [3.63, 3.8) is 0 Å². The van der Waals surface area contributed by atoms with Crippen LogP contribution in [0.15, 0.2) is 30.3 Å². The minimum absolute atomic E-state index is 0.0205. The molecule has 1 amide bonds. The van der Waals surface area contributed by atoms with E-state index in [-0.39, 0.29) is 17.4 Å². The molecule has 106 valence electrons. The molecule has 0 radical (unpaired) electrons. The van der Waals surface area contributed by atoms with Crippen molar-refractivity contribution in [1.29, 1.82) is 0 Å². The number of hydrogen-bond acceptors (Lipinski definition) is 2. The van der Waals surface area contributed by atoms with E-state index < -0.39 is 5.54 Å². The monoisotopic (exact) mass is 262 g/mol. The Morgan fingerprint density at radius 3 is 2.21 bits per heavy atom. The topological polar surface area (TPSA) is 55.1 Å². The Morgan fingerprint density at radius 2 is 1.74 bits per heavy atom. The van der Waals surface area contributed by atoms with Crippen LogP contribution in [0.3, 0.4) is 0 Å². The third kappa shape index (κ3) is 4.67. The van der Waals surface area contributed by atoms with Gasteiger partial charge >= 0.3 is 0 Å². The van der Waals surface area contributed by atoms with Gasteiger partial charge in [-0.2, -0.15) is 0 Å². The first kappa shape index (κ1) is 15.7. The zero-order chi connectivity index (χ0) is 14.7. The molecular weight excluding hydrogens is 236 g/mol. The molecule has 0 aromatic heterocycles. The van der Waals surface area contributed by atoms with Crippen LogP contribution < -0.4 is 11.1 Å². The lowest BCUT2D eigenvalue weighted by Gasteiger charge is -2.30. The van der Waals surface area contributed by atoms with Gasteiger partial charge in [0.1, 0.15) is 0 Å². The molecule has 1 unspecified atom stereocenters. The molecular formula is C16H26N2O. The third-order valence-corrected chi connectivity index (χ3v) is 3.33. The molecule has 0 aliphatic carbocycles. The van der Waals surface area contributed by atoms with Crippen molar-refractivity contribution in [3.8, 4) is 0 Å². The SMILES string of the molecule is CC(CC(C)(C)c1ccccc1)NC(=O)C(C)(C)N. The van der Waals surface area contributed by atoms with Gasteiger partial charge in [-0.15, -0.1) is 0 Å². The first-order valence-corrected chi connectivity index (χ1v) is 6.78. The predicted octanol–water partition coefficient (Wildman–Crippen LogP) is 2.60. The summed E-state index contributed by atoms with van der Waals surface area (Å²) in [7, 11) is 0. The molecule has 0 aliphatic heterocycles. The molecule has 0 bridgehead atoms. The third-order valence-electron chi connectivity index (χ3n) is 3.33. The van der Waals surface area contributed by atoms with Gasteiger partial charge in [0.15, 0.2) is 0 Å². The van der Waals surface area contributed by atoms with Crippen LogP contribution in [0.5, 0.6) is 0 Å². The summed E-state index contributed by atoms with van der Waals surface area (Å²) in [5.41, 5.74) is 6.26. The summed E-state index contributed by atoms with van der Waals surface area (Å²) < 4.78 is 0. The molecule has 1 aromatic rings. The van der Waals surface area contributed by atoms with Crippen molar-refractivity contribution in [2.75, 3.05) is 0 Å². The van der Waals surface area contributed by atoms with E-state index in [2.05, 4.69) is 31.3 Å². The highest BCUT2D eigenvalue weighted by Crippen LogP contribution is 2.28. The number of carbonyl (C=O) groups excluding carboxylic acids is 1. The Morgan fingerprint density at radius 1 is 1.21 bits per heavy atom. The maximum atomic E-state index is 11.9. The van der Waals surface area contributed by atoms with Crippen molar-refractivity contribution < 1.29 is 4.79 Å². The lowest BCUT2D eigenvalue weighted by molar-refractivity contribution is -0.125. The fourth-order valence-electron chi connectivity index (χ4n) is 2.23. The van der Waals surface area contributed by atoms with Gasteiger partial charge in [-0.05, 0) is 38.2 Å². The van der Waals surface area contributed by atoms with Gasteiger partial charge in [0.25, 0.3) is 0 Å². The average molecular weight is 262 g/mol. The van der Waals surface area contributed by atoms with Crippen LogP contribution in [0, 0.1) is 0 Å². The summed E-state index contributed by atoms with van der Waals surface area (Å²) in [5, 5.41) is 2.98. The lowest BCUT2D eigenvalue weighted by Crippen LogP contribution is -2.52. The molecule has 1 atom stereocenters. The van der Waals surface area contributed by atoms with Gasteiger partial charge in [-0.25, -0.2) is 0 Å². The summed E-state index contributed by atoms with van der Waals surface area (Å²) in [4.78, 5) is 11.9. The molecule has 1 rings (SSSR count). The molecule has 0 saturated heterocycles. The van der Waals surface area contributed by atoms with Crippen molar-refractivity contribution >= 4 is 5.91 Å². The zero-order valence-corrected chi connectivity index (χ0v) is 12.7. The van der Waals surface area contributed by atoms with E-state index in [0.717, 1.165) is 6.42 Å². The van der Waals surface area contributed by atoms with E-state index in [1.807, 2.05) is 25.1 Å². The van der Waals surface area contributed by atoms with Gasteiger partial charge in [-0.3, -0.25) is 4.79 Å². The average Bonchev–Trinajstić information content (AvgIpc) is 2.28. The smallest absolute Gasteiger partial charge is 0.239 e. The summed E-state index contributed by atoms with van der Waals surface area (Å²) >= 11 is 0. The number of nitrogens with one attached hydrogen (secondary N) is 1. The molecule has 0 spiro atoms. The van der Waals surface area contributed by atoms with Crippen molar-refractivity contribution in [3.05, 3.63) is 35.9 Å². The van der Waals surface area contributed by atoms with E-state index in [1.54, 1.807) is 13.8 Å². The molecule has 0 heterocycles. The molecule has 0 fully saturated rings. The lowest BCUT2D eigenvalue weighted by atomic mass is 9.79. The molecule has 3 N–H and O–H groups in total. The Labute approximate surface area is 116 Å². The summed E-state index contributed by atoms with van der Waals surface area (Å²) in [6.07, 6.45) is 0.874. The minimum atomic E-state index is -0.828. The van der Waals surface area contributed by atoms with Crippen LogP contribution in [0.4, 0.5) is 0 Å². The second-order valence-corrected chi connectivity index (χ2v) is 6.55. The van der Waals surface area contributed by atoms with Gasteiger partial charge in [-0.1, -0.05) is 44.2 Å². The second-order valence-electron chi connectivity index (χ2n) is 6.55. The molecule has 19 heavy (non-hydrogen) atoms. The zero-order valence-electron chi connectivity index (χ0n) is 12.7. The van der Waals surface area contributed by atoms with E-state index in [9.17, 15) is 4.79 Å². The maximum Gasteiger partial charge on any atom is 0.239 e. The number of rotatable bonds is 5. The van der Waals surface area contributed by atoms with Gasteiger partial charge in [0, 0.05) is 6.04 Å². The molecule has 0 aliphatic rings. The summed E-state index contributed by atoms with van der Waals surface area (Å²) in [6.45, 7) is 9.85. The molecule has 3 nitrogen and oxygen atoms in total. The number of carbonyl (C=O) groups is 1. The van der Waals surface area contributed by atoms with Crippen molar-refractivity contribution in [2.45, 2.75) is 58.0 Å². The van der Waals surface area contributed by atoms with Crippen LogP contribution in [-0.2, 0) is 10.2 Å². The first-order valence-electron chi connectivity index (χ1n) is 6.78. The van der Waals surface area contributed by atoms with Crippen LogP contribution in [-0.4, -0.2) is 17.5 Å². The fraction of sp³-hybridized carbons (Fsp3) is 0.562. The summed E-state index contributed by atoms with van der Waals surface area (Å²) in [6, 6.07) is 10.4. The van der Waals surface area contributed by atoms with E-state index in [0.29, 0.717) is 0 Å². The second kappa shape index (κ2) is 5.74. The van der Waals surface area contributed by atoms with E-state index in [4.69, 9.17) is 5.73 Å². The number of benzene rings is 1. The van der Waals surface area contributed by atoms with Gasteiger partial charge < -0.3 is 11.1 Å². The first-order chi connectivity index (χ1) is 8.63. The van der Waals surface area contributed by atoms with Crippen LogP contribution in [0.25, 0.3) is 0 Å². The Kier molecular flexibility index (Phi) is 4.75. The molecule has 3 heteroatoms. The molecule has 1 aromatic carbocycles. The van der Waals surface area contributed by atoms with E-state index >= 15 is 0 Å². The van der Waals surface area contributed by atoms with Gasteiger partial charge in [0.2, 0.25) is 5.91 Å². The Bertz CT molecular complexity index is 418. The van der Waals surface area contributed by atoms with Crippen LogP contribution in [0.2, 0.25) is 0 Å². The Balaban J connectivity index is 2.66. The normalized spacial score (nSPS) is 14.0. The predicted molar refractivity (Wildman–Crippen MR) is 80.0 cm³/mol. The summed E-state index contributed by atoms with van der Waals surface area (Å²) in [5.74, 6) is -0.108. The minimum Gasteiger partial charge on any atom is -0.352 e. The molecule has 0 saturated carbocycles. The van der Waals surface area contributed by atoms with Crippen molar-refractivity contribution in [1.82, 2.24) is 5.32 Å². The van der Waals surface area contributed by atoms with Crippen LogP contribution >= 0.6 is 0 Å². The highest BCUT2D eigenvalue weighted by molar-refractivity contribution is 5.85.